The minimum atomic E-state index is 0.678. The maximum atomic E-state index is 5.91. The number of ether oxygens (including phenoxy) is 2. The van der Waals surface area contributed by atoms with Gasteiger partial charge in [0.1, 0.15) is 11.5 Å². The molecule has 0 saturated carbocycles. The van der Waals surface area contributed by atoms with Crippen LogP contribution < -0.4 is 9.47 Å². The van der Waals surface area contributed by atoms with Gasteiger partial charge in [0.25, 0.3) is 0 Å². The van der Waals surface area contributed by atoms with Crippen molar-refractivity contribution in [3.05, 3.63) is 59.7 Å². The van der Waals surface area contributed by atoms with E-state index in [0.717, 1.165) is 55.0 Å². The second-order valence-electron chi connectivity index (χ2n) is 5.90. The zero-order valence-corrected chi connectivity index (χ0v) is 14.4. The Bertz CT molecular complexity index is 664. The first-order valence-electron chi connectivity index (χ1n) is 8.87. The Morgan fingerprint density at radius 3 is 1.60 bits per heavy atom. The van der Waals surface area contributed by atoms with Gasteiger partial charge in [-0.2, -0.15) is 0 Å². The van der Waals surface area contributed by atoms with E-state index in [1.165, 1.54) is 0 Å². The van der Waals surface area contributed by atoms with E-state index in [2.05, 4.69) is 9.98 Å². The van der Waals surface area contributed by atoms with Crippen molar-refractivity contribution in [2.75, 3.05) is 26.3 Å². The first-order chi connectivity index (χ1) is 12.4. The molecule has 3 rings (SSSR count). The molecule has 1 aliphatic rings. The molecule has 0 radical (unpaired) electrons. The quantitative estimate of drug-likeness (QED) is 0.725. The number of para-hydroxylation sites is 2. The first-order valence-corrected chi connectivity index (χ1v) is 8.87. The number of aliphatic imine (C=N–C) groups is 2. The SMILES string of the molecule is C1=NCCCN=Cc2ccccc2OCCCCOc2ccccc21. The predicted octanol–water partition coefficient (Wildman–Crippen LogP) is 4.17. The Labute approximate surface area is 149 Å². The number of nitrogens with zero attached hydrogens (tertiary/aromatic N) is 2. The molecule has 2 aromatic rings. The molecule has 4 heteroatoms. The van der Waals surface area contributed by atoms with E-state index in [9.17, 15) is 0 Å². The summed E-state index contributed by atoms with van der Waals surface area (Å²) in [7, 11) is 0. The first kappa shape index (κ1) is 17.2. The molecule has 0 fully saturated rings. The summed E-state index contributed by atoms with van der Waals surface area (Å²) in [5.74, 6) is 1.78. The largest absolute Gasteiger partial charge is 0.493 e. The van der Waals surface area contributed by atoms with Crippen LogP contribution in [0.1, 0.15) is 30.4 Å². The van der Waals surface area contributed by atoms with E-state index in [1.54, 1.807) is 0 Å². The van der Waals surface area contributed by atoms with Gasteiger partial charge >= 0.3 is 0 Å². The highest BCUT2D eigenvalue weighted by atomic mass is 16.5. The molecule has 1 aliphatic heterocycles. The molecule has 2 aromatic carbocycles. The molecule has 0 aliphatic carbocycles. The maximum Gasteiger partial charge on any atom is 0.128 e. The average molecular weight is 336 g/mol. The molecule has 0 aromatic heterocycles. The molecule has 0 bridgehead atoms. The molecule has 4 nitrogen and oxygen atoms in total. The third-order valence-corrected chi connectivity index (χ3v) is 3.93. The Morgan fingerprint density at radius 2 is 1.08 bits per heavy atom. The number of hydrogen-bond donors (Lipinski definition) is 0. The molecular weight excluding hydrogens is 312 g/mol. The van der Waals surface area contributed by atoms with Gasteiger partial charge in [-0.05, 0) is 43.5 Å². The monoisotopic (exact) mass is 336 g/mol. The number of hydrogen-bond acceptors (Lipinski definition) is 4. The van der Waals surface area contributed by atoms with Gasteiger partial charge < -0.3 is 9.47 Å². The minimum absolute atomic E-state index is 0.678. The topological polar surface area (TPSA) is 43.2 Å². The zero-order valence-electron chi connectivity index (χ0n) is 14.4. The maximum absolute atomic E-state index is 5.91. The summed E-state index contributed by atoms with van der Waals surface area (Å²) >= 11 is 0. The Balaban J connectivity index is 1.68. The normalized spacial score (nSPS) is 16.0. The molecule has 0 spiro atoms. The van der Waals surface area contributed by atoms with Crippen molar-refractivity contribution in [3.63, 3.8) is 0 Å². The van der Waals surface area contributed by atoms with E-state index < -0.39 is 0 Å². The van der Waals surface area contributed by atoms with Crippen molar-refractivity contribution in [2.45, 2.75) is 19.3 Å². The van der Waals surface area contributed by atoms with Crippen LogP contribution in [-0.4, -0.2) is 38.7 Å². The van der Waals surface area contributed by atoms with Gasteiger partial charge in [0.05, 0.1) is 13.2 Å². The van der Waals surface area contributed by atoms with Gasteiger partial charge in [0, 0.05) is 36.6 Å². The molecule has 0 atom stereocenters. The molecule has 0 unspecified atom stereocenters. The van der Waals surface area contributed by atoms with Gasteiger partial charge in [0.15, 0.2) is 0 Å². The number of fused-ring (bicyclic) bond motifs is 2. The summed E-state index contributed by atoms with van der Waals surface area (Å²) in [5, 5.41) is 0. The highest BCUT2D eigenvalue weighted by Gasteiger charge is 2.03. The van der Waals surface area contributed by atoms with Gasteiger partial charge in [-0.3, -0.25) is 9.98 Å². The summed E-state index contributed by atoms with van der Waals surface area (Å²) < 4.78 is 11.8. The summed E-state index contributed by atoms with van der Waals surface area (Å²) in [4.78, 5) is 9.00. The van der Waals surface area contributed by atoms with Gasteiger partial charge in [-0.25, -0.2) is 0 Å². The summed E-state index contributed by atoms with van der Waals surface area (Å²) in [6, 6.07) is 16.0. The van der Waals surface area contributed by atoms with Crippen LogP contribution in [0.3, 0.4) is 0 Å². The molecule has 0 N–H and O–H groups in total. The van der Waals surface area contributed by atoms with Crippen LogP contribution in [0.25, 0.3) is 0 Å². The van der Waals surface area contributed by atoms with Crippen LogP contribution in [-0.2, 0) is 0 Å². The second kappa shape index (κ2) is 9.62. The van der Waals surface area contributed by atoms with Crippen molar-refractivity contribution in [1.29, 1.82) is 0 Å². The average Bonchev–Trinajstić information content (AvgIpc) is 2.65. The van der Waals surface area contributed by atoms with Crippen molar-refractivity contribution < 1.29 is 9.47 Å². The fraction of sp³-hybridized carbons (Fsp3) is 0.333. The van der Waals surface area contributed by atoms with Crippen molar-refractivity contribution >= 4 is 12.4 Å². The fourth-order valence-electron chi connectivity index (χ4n) is 2.58. The Hall–Kier alpha value is -2.62. The van der Waals surface area contributed by atoms with E-state index in [4.69, 9.17) is 9.47 Å². The lowest BCUT2D eigenvalue weighted by molar-refractivity contribution is 0.266. The molecular formula is C21H24N2O2. The van der Waals surface area contributed by atoms with Crippen LogP contribution in [0.15, 0.2) is 58.5 Å². The standard InChI is InChI=1S/C21H24N2O2/c1-3-10-20-18(8-1)16-22-12-7-13-23-17-19-9-2-4-11-21(19)25-15-6-5-14-24-20/h1-4,8-11,16-17H,5-7,12-15H2. The third-order valence-electron chi connectivity index (χ3n) is 3.93. The highest BCUT2D eigenvalue weighted by molar-refractivity contribution is 5.84. The summed E-state index contributed by atoms with van der Waals surface area (Å²) in [5.41, 5.74) is 2.05. The number of rotatable bonds is 0. The van der Waals surface area contributed by atoms with Gasteiger partial charge in [0.2, 0.25) is 0 Å². The van der Waals surface area contributed by atoms with Crippen molar-refractivity contribution in [1.82, 2.24) is 0 Å². The molecule has 0 amide bonds. The van der Waals surface area contributed by atoms with Gasteiger partial charge in [-0.15, -0.1) is 0 Å². The second-order valence-corrected chi connectivity index (χ2v) is 5.90. The van der Waals surface area contributed by atoms with E-state index >= 15 is 0 Å². The summed E-state index contributed by atoms with van der Waals surface area (Å²) in [6.07, 6.45) is 6.60. The Morgan fingerprint density at radius 1 is 0.600 bits per heavy atom. The van der Waals surface area contributed by atoms with Crippen LogP contribution in [0, 0.1) is 0 Å². The van der Waals surface area contributed by atoms with Crippen LogP contribution in [0.2, 0.25) is 0 Å². The fourth-order valence-corrected chi connectivity index (χ4v) is 2.58. The van der Waals surface area contributed by atoms with Crippen molar-refractivity contribution in [2.24, 2.45) is 9.98 Å². The highest BCUT2D eigenvalue weighted by Crippen LogP contribution is 2.18. The molecule has 0 saturated heterocycles. The predicted molar refractivity (Wildman–Crippen MR) is 103 cm³/mol. The molecule has 130 valence electrons. The lowest BCUT2D eigenvalue weighted by Crippen LogP contribution is -2.04. The molecule has 1 heterocycles. The van der Waals surface area contributed by atoms with E-state index in [1.807, 2.05) is 61.0 Å². The third kappa shape index (κ3) is 5.45. The van der Waals surface area contributed by atoms with E-state index in [-0.39, 0.29) is 0 Å². The van der Waals surface area contributed by atoms with Gasteiger partial charge in [-0.1, -0.05) is 24.3 Å². The summed E-state index contributed by atoms with van der Waals surface area (Å²) in [6.45, 7) is 2.86. The minimum Gasteiger partial charge on any atom is -0.493 e. The van der Waals surface area contributed by atoms with Crippen LogP contribution >= 0.6 is 0 Å². The smallest absolute Gasteiger partial charge is 0.128 e. The zero-order chi connectivity index (χ0) is 17.2. The molecule has 25 heavy (non-hydrogen) atoms. The van der Waals surface area contributed by atoms with Crippen LogP contribution in [0.4, 0.5) is 0 Å². The van der Waals surface area contributed by atoms with Crippen LogP contribution in [0.5, 0.6) is 11.5 Å². The van der Waals surface area contributed by atoms with Crippen molar-refractivity contribution in [3.8, 4) is 11.5 Å². The lowest BCUT2D eigenvalue weighted by Gasteiger charge is -2.10. The van der Waals surface area contributed by atoms with E-state index in [0.29, 0.717) is 13.2 Å². The Kier molecular flexibility index (Phi) is 6.62. The number of benzene rings is 2. The lowest BCUT2D eigenvalue weighted by atomic mass is 10.2.